The van der Waals surface area contributed by atoms with Gasteiger partial charge in [0.1, 0.15) is 11.4 Å². The third kappa shape index (κ3) is 3.09. The molecule has 2 unspecified atom stereocenters. The normalized spacial score (nSPS) is 27.2. The van der Waals surface area contributed by atoms with Crippen LogP contribution in [0.25, 0.3) is 0 Å². The third-order valence-electron chi connectivity index (χ3n) is 3.61. The lowest BCUT2D eigenvalue weighted by molar-refractivity contribution is -0.149. The summed E-state index contributed by atoms with van der Waals surface area (Å²) in [6, 6.07) is 0. The van der Waals surface area contributed by atoms with E-state index in [4.69, 9.17) is 4.74 Å². The van der Waals surface area contributed by atoms with Crippen LogP contribution in [0.15, 0.2) is 5.16 Å². The monoisotopic (exact) mass is 284 g/mol. The molecule has 1 heterocycles. The number of rotatable bonds is 4. The average molecular weight is 284 g/mol. The number of aromatic nitrogens is 3. The average Bonchev–Trinajstić information content (AvgIpc) is 2.83. The molecule has 1 saturated carbocycles. The number of likely N-dealkylation sites (N-methyl/N-ethyl adjacent to an activating group) is 1. The second-order valence-corrected chi connectivity index (χ2v) is 6.13. The van der Waals surface area contributed by atoms with E-state index in [1.165, 1.54) is 7.11 Å². The van der Waals surface area contributed by atoms with Crippen molar-refractivity contribution in [3.63, 3.8) is 0 Å². The Morgan fingerprint density at radius 1 is 1.63 bits per heavy atom. The summed E-state index contributed by atoms with van der Waals surface area (Å²) in [6.07, 6.45) is 3.63. The van der Waals surface area contributed by atoms with Crippen LogP contribution < -0.4 is 5.32 Å². The van der Waals surface area contributed by atoms with Gasteiger partial charge >= 0.3 is 5.97 Å². The van der Waals surface area contributed by atoms with Gasteiger partial charge in [-0.1, -0.05) is 11.8 Å². The van der Waals surface area contributed by atoms with E-state index >= 15 is 0 Å². The largest absolute Gasteiger partial charge is 0.468 e. The highest BCUT2D eigenvalue weighted by molar-refractivity contribution is 7.99. The van der Waals surface area contributed by atoms with E-state index in [1.807, 2.05) is 14.0 Å². The molecule has 7 heteroatoms. The number of nitrogens with one attached hydrogen (secondary N) is 2. The van der Waals surface area contributed by atoms with Gasteiger partial charge in [-0.05, 0) is 39.7 Å². The van der Waals surface area contributed by atoms with Gasteiger partial charge < -0.3 is 10.1 Å². The Morgan fingerprint density at radius 2 is 2.42 bits per heavy atom. The first-order valence-electron chi connectivity index (χ1n) is 6.42. The minimum Gasteiger partial charge on any atom is -0.468 e. The SMILES string of the molecule is CNC1(C(=O)OC)CCCC(Sc2n[nH]c(C)n2)C1. The van der Waals surface area contributed by atoms with Gasteiger partial charge in [-0.2, -0.15) is 0 Å². The van der Waals surface area contributed by atoms with Gasteiger partial charge in [-0.3, -0.25) is 9.89 Å². The Kier molecular flexibility index (Phi) is 4.46. The number of hydrogen-bond donors (Lipinski definition) is 2. The number of aryl methyl sites for hydroxylation is 1. The van der Waals surface area contributed by atoms with Crippen molar-refractivity contribution in [3.05, 3.63) is 5.82 Å². The Hall–Kier alpha value is -1.08. The summed E-state index contributed by atoms with van der Waals surface area (Å²) in [5, 5.41) is 11.2. The first-order valence-corrected chi connectivity index (χ1v) is 7.30. The number of methoxy groups -OCH3 is 1. The Morgan fingerprint density at radius 3 is 3.00 bits per heavy atom. The zero-order valence-electron chi connectivity index (χ0n) is 11.5. The zero-order valence-corrected chi connectivity index (χ0v) is 12.3. The molecule has 1 fully saturated rings. The number of ether oxygens (including phenoxy) is 1. The maximum Gasteiger partial charge on any atom is 0.326 e. The molecule has 0 spiro atoms. The molecule has 0 bridgehead atoms. The lowest BCUT2D eigenvalue weighted by atomic mass is 9.81. The Bertz CT molecular complexity index is 451. The molecule has 1 aliphatic rings. The smallest absolute Gasteiger partial charge is 0.326 e. The van der Waals surface area contributed by atoms with E-state index < -0.39 is 5.54 Å². The van der Waals surface area contributed by atoms with Crippen LogP contribution in [0, 0.1) is 6.92 Å². The number of carbonyl (C=O) groups is 1. The number of hydrogen-bond acceptors (Lipinski definition) is 6. The van der Waals surface area contributed by atoms with Crippen LogP contribution in [-0.4, -0.2) is 46.1 Å². The van der Waals surface area contributed by atoms with Gasteiger partial charge in [0.05, 0.1) is 7.11 Å². The molecular weight excluding hydrogens is 264 g/mol. The van der Waals surface area contributed by atoms with Crippen molar-refractivity contribution in [1.29, 1.82) is 0 Å². The minimum atomic E-state index is -0.560. The third-order valence-corrected chi connectivity index (χ3v) is 4.74. The number of nitrogens with zero attached hydrogens (tertiary/aromatic N) is 2. The van der Waals surface area contributed by atoms with E-state index in [2.05, 4.69) is 20.5 Å². The van der Waals surface area contributed by atoms with Crippen molar-refractivity contribution < 1.29 is 9.53 Å². The van der Waals surface area contributed by atoms with Crippen LogP contribution in [0.2, 0.25) is 0 Å². The predicted molar refractivity (Wildman–Crippen MR) is 73.0 cm³/mol. The summed E-state index contributed by atoms with van der Waals surface area (Å²) < 4.78 is 4.94. The maximum absolute atomic E-state index is 12.0. The first kappa shape index (κ1) is 14.3. The van der Waals surface area contributed by atoms with Crippen molar-refractivity contribution >= 4 is 17.7 Å². The Balaban J connectivity index is 2.05. The van der Waals surface area contributed by atoms with Gasteiger partial charge in [0.2, 0.25) is 5.16 Å². The molecule has 0 amide bonds. The van der Waals surface area contributed by atoms with Crippen molar-refractivity contribution in [2.75, 3.05) is 14.2 Å². The van der Waals surface area contributed by atoms with Gasteiger partial charge in [-0.15, -0.1) is 5.10 Å². The lowest BCUT2D eigenvalue weighted by Gasteiger charge is -2.37. The molecule has 1 aliphatic carbocycles. The molecular formula is C12H20N4O2S. The quantitative estimate of drug-likeness (QED) is 0.811. The topological polar surface area (TPSA) is 79.9 Å². The second kappa shape index (κ2) is 5.92. The summed E-state index contributed by atoms with van der Waals surface area (Å²) in [7, 11) is 3.26. The van der Waals surface area contributed by atoms with Crippen molar-refractivity contribution in [3.8, 4) is 0 Å². The van der Waals surface area contributed by atoms with Crippen LogP contribution >= 0.6 is 11.8 Å². The molecule has 106 valence electrons. The molecule has 0 aliphatic heterocycles. The van der Waals surface area contributed by atoms with E-state index in [0.29, 0.717) is 5.25 Å². The van der Waals surface area contributed by atoms with Crippen LogP contribution in [0.1, 0.15) is 31.5 Å². The van der Waals surface area contributed by atoms with Crippen LogP contribution in [0.5, 0.6) is 0 Å². The van der Waals surface area contributed by atoms with Crippen molar-refractivity contribution in [1.82, 2.24) is 20.5 Å². The first-order chi connectivity index (χ1) is 9.09. The molecule has 6 nitrogen and oxygen atoms in total. The molecule has 2 atom stereocenters. The van der Waals surface area contributed by atoms with Crippen molar-refractivity contribution in [2.45, 2.75) is 48.6 Å². The number of aromatic amines is 1. The summed E-state index contributed by atoms with van der Waals surface area (Å²) in [5.74, 6) is 0.637. The van der Waals surface area contributed by atoms with Crippen LogP contribution in [0.3, 0.4) is 0 Å². The molecule has 19 heavy (non-hydrogen) atoms. The van der Waals surface area contributed by atoms with Gasteiger partial charge in [-0.25, -0.2) is 4.98 Å². The van der Waals surface area contributed by atoms with E-state index in [0.717, 1.165) is 36.7 Å². The van der Waals surface area contributed by atoms with E-state index in [1.54, 1.807) is 11.8 Å². The van der Waals surface area contributed by atoms with Gasteiger partial charge in [0.25, 0.3) is 0 Å². The number of H-pyrrole nitrogens is 1. The highest BCUT2D eigenvalue weighted by atomic mass is 32.2. The van der Waals surface area contributed by atoms with E-state index in [9.17, 15) is 4.79 Å². The zero-order chi connectivity index (χ0) is 13.9. The summed E-state index contributed by atoms with van der Waals surface area (Å²) >= 11 is 1.63. The molecule has 2 rings (SSSR count). The maximum atomic E-state index is 12.0. The number of thioether (sulfide) groups is 1. The number of esters is 1. The number of carbonyl (C=O) groups excluding carboxylic acids is 1. The van der Waals surface area contributed by atoms with E-state index in [-0.39, 0.29) is 5.97 Å². The minimum absolute atomic E-state index is 0.175. The fraction of sp³-hybridized carbons (Fsp3) is 0.750. The molecule has 1 aromatic rings. The standard InChI is InChI=1S/C12H20N4O2S/c1-8-14-11(16-15-8)19-9-5-4-6-12(7-9,13-2)10(17)18-3/h9,13H,4-7H2,1-3H3,(H,14,15,16). The summed E-state index contributed by atoms with van der Waals surface area (Å²) in [4.78, 5) is 16.3. The fourth-order valence-corrected chi connectivity index (χ4v) is 3.80. The highest BCUT2D eigenvalue weighted by Gasteiger charge is 2.43. The molecule has 0 aromatic carbocycles. The molecule has 0 radical (unpaired) electrons. The predicted octanol–water partition coefficient (Wildman–Crippen LogP) is 1.28. The molecule has 0 saturated heterocycles. The summed E-state index contributed by atoms with van der Waals surface area (Å²) in [5.41, 5.74) is -0.560. The van der Waals surface area contributed by atoms with Gasteiger partial charge in [0.15, 0.2) is 0 Å². The summed E-state index contributed by atoms with van der Waals surface area (Å²) in [6.45, 7) is 1.88. The van der Waals surface area contributed by atoms with Crippen LogP contribution in [0.4, 0.5) is 0 Å². The molecule has 1 aromatic heterocycles. The Labute approximate surface area is 117 Å². The fourth-order valence-electron chi connectivity index (χ4n) is 2.56. The van der Waals surface area contributed by atoms with Gasteiger partial charge in [0, 0.05) is 5.25 Å². The molecule has 2 N–H and O–H groups in total. The second-order valence-electron chi connectivity index (χ2n) is 4.86. The highest BCUT2D eigenvalue weighted by Crippen LogP contribution is 2.37. The van der Waals surface area contributed by atoms with Crippen LogP contribution in [-0.2, 0) is 9.53 Å². The van der Waals surface area contributed by atoms with Crippen molar-refractivity contribution in [2.24, 2.45) is 0 Å². The lowest BCUT2D eigenvalue weighted by Crippen LogP contribution is -2.54.